The zero-order valence-electron chi connectivity index (χ0n) is 13.1. The van der Waals surface area contributed by atoms with Gasteiger partial charge in [-0.2, -0.15) is 0 Å². The van der Waals surface area contributed by atoms with Gasteiger partial charge in [0.25, 0.3) is 0 Å². The van der Waals surface area contributed by atoms with Crippen LogP contribution in [0.25, 0.3) is 0 Å². The summed E-state index contributed by atoms with van der Waals surface area (Å²) in [6, 6.07) is 0. The molecular weight excluding hydrogens is 234 g/mol. The molecule has 0 fully saturated rings. The lowest BCUT2D eigenvalue weighted by Gasteiger charge is -2.20. The Labute approximate surface area is 119 Å². The molecule has 0 atom stereocenters. The molecule has 3 heteroatoms. The van der Waals surface area contributed by atoms with Gasteiger partial charge in [-0.05, 0) is 31.6 Å². The van der Waals surface area contributed by atoms with Crippen LogP contribution in [0, 0.1) is 17.3 Å². The summed E-state index contributed by atoms with van der Waals surface area (Å²) in [4.78, 5) is 0. The number of hydrogen-bond acceptors (Lipinski definition) is 3. The third kappa shape index (κ3) is 13.1. The summed E-state index contributed by atoms with van der Waals surface area (Å²) in [6.45, 7) is 9.28. The van der Waals surface area contributed by atoms with Gasteiger partial charge < -0.3 is 10.7 Å². The van der Waals surface area contributed by atoms with E-state index in [0.29, 0.717) is 0 Å². The zero-order valence-corrected chi connectivity index (χ0v) is 13.1. The van der Waals surface area contributed by atoms with E-state index >= 15 is 0 Å². The van der Waals surface area contributed by atoms with Gasteiger partial charge in [0.15, 0.2) is 0 Å². The normalized spacial score (nSPS) is 11.9. The van der Waals surface area contributed by atoms with Crippen LogP contribution in [0.2, 0.25) is 0 Å². The summed E-state index contributed by atoms with van der Waals surface area (Å²) in [5.74, 6) is 11.9. The van der Waals surface area contributed by atoms with Gasteiger partial charge in [0.2, 0.25) is 0 Å². The van der Waals surface area contributed by atoms with Crippen molar-refractivity contribution < 1.29 is 0 Å². The van der Waals surface area contributed by atoms with E-state index in [1.54, 1.807) is 5.01 Å². The Kier molecular flexibility index (Phi) is 9.16. The Bertz CT molecular complexity index is 315. The summed E-state index contributed by atoms with van der Waals surface area (Å²) in [5.41, 5.74) is 7.04. The van der Waals surface area contributed by atoms with Gasteiger partial charge in [0.05, 0.1) is 0 Å². The van der Waals surface area contributed by atoms with Crippen LogP contribution in [-0.2, 0) is 0 Å². The molecule has 19 heavy (non-hydrogen) atoms. The first-order valence-electron chi connectivity index (χ1n) is 7.22. The van der Waals surface area contributed by atoms with Crippen molar-refractivity contribution in [3.05, 3.63) is 11.9 Å². The highest BCUT2D eigenvalue weighted by Gasteiger charge is 2.11. The molecule has 0 saturated carbocycles. The highest BCUT2D eigenvalue weighted by Crippen LogP contribution is 2.21. The van der Waals surface area contributed by atoms with Crippen molar-refractivity contribution in [3.63, 3.8) is 0 Å². The standard InChI is InChI=1S/C16H31N3/c1-5-6-7-8-9-10-11-12-19(18)14-15(17)13-16(2,3)4/h14H,7-13,17-18H2,1-4H3/b15-14-. The molecule has 0 aromatic carbocycles. The molecule has 0 aliphatic rings. The van der Waals surface area contributed by atoms with Gasteiger partial charge in [0, 0.05) is 24.9 Å². The van der Waals surface area contributed by atoms with Gasteiger partial charge in [-0.15, -0.1) is 11.8 Å². The molecule has 0 aromatic heterocycles. The molecule has 0 spiro atoms. The number of unbranched alkanes of at least 4 members (excludes halogenated alkanes) is 4. The summed E-state index contributed by atoms with van der Waals surface area (Å²) < 4.78 is 0. The molecule has 110 valence electrons. The van der Waals surface area contributed by atoms with Crippen LogP contribution in [0.4, 0.5) is 0 Å². The van der Waals surface area contributed by atoms with E-state index in [4.69, 9.17) is 11.6 Å². The largest absolute Gasteiger partial charge is 0.401 e. The van der Waals surface area contributed by atoms with Crippen LogP contribution in [0.1, 0.15) is 66.2 Å². The van der Waals surface area contributed by atoms with Crippen LogP contribution in [0.5, 0.6) is 0 Å². The molecule has 0 aromatic rings. The maximum atomic E-state index is 5.97. The molecule has 0 bridgehead atoms. The van der Waals surface area contributed by atoms with Gasteiger partial charge in [-0.3, -0.25) is 0 Å². The molecule has 0 aliphatic carbocycles. The lowest BCUT2D eigenvalue weighted by molar-refractivity contribution is 0.361. The smallest absolute Gasteiger partial charge is 0.0343 e. The first-order chi connectivity index (χ1) is 8.85. The SMILES string of the molecule is CC#CCCCCCCN(N)/C=C(\N)CC(C)(C)C. The molecule has 0 saturated heterocycles. The van der Waals surface area contributed by atoms with E-state index in [1.165, 1.54) is 19.3 Å². The van der Waals surface area contributed by atoms with Gasteiger partial charge in [-0.1, -0.05) is 33.6 Å². The Morgan fingerprint density at radius 1 is 1.16 bits per heavy atom. The number of allylic oxidation sites excluding steroid dienone is 1. The minimum atomic E-state index is 0.210. The fraction of sp³-hybridized carbons (Fsp3) is 0.750. The lowest BCUT2D eigenvalue weighted by atomic mass is 9.91. The quantitative estimate of drug-likeness (QED) is 0.306. The molecular formula is C16H31N3. The first-order valence-corrected chi connectivity index (χ1v) is 7.22. The zero-order chi connectivity index (χ0) is 14.7. The van der Waals surface area contributed by atoms with E-state index in [1.807, 2.05) is 13.1 Å². The highest BCUT2D eigenvalue weighted by molar-refractivity contribution is 4.98. The van der Waals surface area contributed by atoms with Crippen molar-refractivity contribution in [2.75, 3.05) is 6.54 Å². The Morgan fingerprint density at radius 3 is 2.37 bits per heavy atom. The molecule has 0 aliphatic heterocycles. The van der Waals surface area contributed by atoms with Crippen LogP contribution >= 0.6 is 0 Å². The molecule has 3 nitrogen and oxygen atoms in total. The topological polar surface area (TPSA) is 55.3 Å². The number of hydrazine groups is 1. The van der Waals surface area contributed by atoms with Crippen molar-refractivity contribution in [1.29, 1.82) is 0 Å². The van der Waals surface area contributed by atoms with Gasteiger partial charge in [-0.25, -0.2) is 5.84 Å². The minimum absolute atomic E-state index is 0.210. The number of nitrogens with zero attached hydrogens (tertiary/aromatic N) is 1. The van der Waals surface area contributed by atoms with Gasteiger partial charge in [0.1, 0.15) is 0 Å². The molecule has 0 radical (unpaired) electrons. The van der Waals surface area contributed by atoms with E-state index in [2.05, 4.69) is 32.6 Å². The summed E-state index contributed by atoms with van der Waals surface area (Å²) >= 11 is 0. The second-order valence-corrected chi connectivity index (χ2v) is 6.27. The summed E-state index contributed by atoms with van der Waals surface area (Å²) in [7, 11) is 0. The number of nitrogens with two attached hydrogens (primary N) is 2. The van der Waals surface area contributed by atoms with E-state index in [9.17, 15) is 0 Å². The summed E-state index contributed by atoms with van der Waals surface area (Å²) in [6.07, 6.45) is 8.48. The van der Waals surface area contributed by atoms with Crippen molar-refractivity contribution in [1.82, 2.24) is 5.01 Å². The average molecular weight is 265 g/mol. The van der Waals surface area contributed by atoms with Crippen molar-refractivity contribution in [2.45, 2.75) is 66.2 Å². The third-order valence-corrected chi connectivity index (χ3v) is 2.71. The van der Waals surface area contributed by atoms with Crippen LogP contribution in [0.15, 0.2) is 11.9 Å². The highest BCUT2D eigenvalue weighted by atomic mass is 15.4. The van der Waals surface area contributed by atoms with Gasteiger partial charge >= 0.3 is 0 Å². The number of rotatable bonds is 8. The Balaban J connectivity index is 3.70. The van der Waals surface area contributed by atoms with Crippen LogP contribution in [0.3, 0.4) is 0 Å². The molecule has 0 heterocycles. The Hall–Kier alpha value is -1.14. The second kappa shape index (κ2) is 9.75. The predicted molar refractivity (Wildman–Crippen MR) is 83.8 cm³/mol. The Morgan fingerprint density at radius 2 is 1.79 bits per heavy atom. The second-order valence-electron chi connectivity index (χ2n) is 6.27. The maximum absolute atomic E-state index is 5.97. The fourth-order valence-corrected chi connectivity index (χ4v) is 1.92. The molecule has 0 rings (SSSR count). The van der Waals surface area contributed by atoms with Crippen LogP contribution < -0.4 is 11.6 Å². The molecule has 0 amide bonds. The van der Waals surface area contributed by atoms with Crippen molar-refractivity contribution >= 4 is 0 Å². The maximum Gasteiger partial charge on any atom is 0.0343 e. The monoisotopic (exact) mass is 265 g/mol. The van der Waals surface area contributed by atoms with E-state index in [-0.39, 0.29) is 5.41 Å². The molecule has 4 N–H and O–H groups in total. The minimum Gasteiger partial charge on any atom is -0.401 e. The van der Waals surface area contributed by atoms with E-state index in [0.717, 1.165) is 31.5 Å². The number of hydrogen-bond donors (Lipinski definition) is 2. The summed E-state index contributed by atoms with van der Waals surface area (Å²) in [5, 5.41) is 1.72. The third-order valence-electron chi connectivity index (χ3n) is 2.71. The van der Waals surface area contributed by atoms with Crippen molar-refractivity contribution in [2.24, 2.45) is 17.0 Å². The average Bonchev–Trinajstić information content (AvgIpc) is 2.25. The predicted octanol–water partition coefficient (Wildman–Crippen LogP) is 3.37. The lowest BCUT2D eigenvalue weighted by Crippen LogP contribution is -2.28. The van der Waals surface area contributed by atoms with E-state index < -0.39 is 0 Å². The van der Waals surface area contributed by atoms with Crippen molar-refractivity contribution in [3.8, 4) is 11.8 Å². The first kappa shape index (κ1) is 17.9. The molecule has 0 unspecified atom stereocenters. The van der Waals surface area contributed by atoms with Crippen LogP contribution in [-0.4, -0.2) is 11.6 Å². The fourth-order valence-electron chi connectivity index (χ4n) is 1.92.